The zero-order valence-electron chi connectivity index (χ0n) is 11.9. The smallest absolute Gasteiger partial charge is 0.263 e. The minimum Gasteiger partial charge on any atom is -0.339 e. The van der Waals surface area contributed by atoms with E-state index in [9.17, 15) is 4.79 Å². The van der Waals surface area contributed by atoms with Gasteiger partial charge in [0.25, 0.3) is 5.91 Å². The van der Waals surface area contributed by atoms with Crippen LogP contribution in [0.4, 0.5) is 5.69 Å². The number of anilines is 1. The van der Waals surface area contributed by atoms with Gasteiger partial charge in [-0.3, -0.25) is 4.79 Å². The molecule has 1 heterocycles. The third-order valence-corrected chi connectivity index (χ3v) is 5.19. The average molecular weight is 535 g/mol. The van der Waals surface area contributed by atoms with Crippen LogP contribution in [-0.4, -0.2) is 21.0 Å². The predicted octanol–water partition coefficient (Wildman–Crippen LogP) is 4.77. The van der Waals surface area contributed by atoms with Crippen LogP contribution >= 0.6 is 80.9 Å². The maximum atomic E-state index is 12.2. The van der Waals surface area contributed by atoms with Crippen LogP contribution in [0.1, 0.15) is 9.67 Å². The van der Waals surface area contributed by atoms with Crippen molar-refractivity contribution in [2.45, 2.75) is 9.96 Å². The highest BCUT2D eigenvalue weighted by molar-refractivity contribution is 14.1. The fourth-order valence-electron chi connectivity index (χ4n) is 1.64. The summed E-state index contributed by atoms with van der Waals surface area (Å²) in [6.45, 7) is 0. The molecule has 0 saturated heterocycles. The molecule has 0 aliphatic heterocycles. The maximum absolute atomic E-state index is 12.2. The molecule has 128 valence electrons. The van der Waals surface area contributed by atoms with Gasteiger partial charge in [-0.25, -0.2) is 0 Å². The third-order valence-electron chi connectivity index (χ3n) is 2.73. The quantitative estimate of drug-likeness (QED) is 0.229. The van der Waals surface area contributed by atoms with E-state index in [0.717, 1.165) is 9.26 Å². The molecule has 24 heavy (non-hydrogen) atoms. The Morgan fingerprint density at radius 1 is 1.17 bits per heavy atom. The van der Waals surface area contributed by atoms with E-state index < -0.39 is 9.96 Å². The predicted molar refractivity (Wildman–Crippen MR) is 114 cm³/mol. The molecule has 2 rings (SSSR count). The topological polar surface area (TPSA) is 53.2 Å². The average Bonchev–Trinajstić information content (AvgIpc) is 3.02. The summed E-state index contributed by atoms with van der Waals surface area (Å²) in [6, 6.07) is 11.0. The van der Waals surface area contributed by atoms with Gasteiger partial charge in [-0.1, -0.05) is 40.9 Å². The molecule has 0 fully saturated rings. The van der Waals surface area contributed by atoms with Gasteiger partial charge in [0.2, 0.25) is 3.79 Å². The van der Waals surface area contributed by atoms with Crippen LogP contribution in [0.15, 0.2) is 41.8 Å². The van der Waals surface area contributed by atoms with Crippen LogP contribution < -0.4 is 16.0 Å². The van der Waals surface area contributed by atoms with Crippen molar-refractivity contribution < 1.29 is 4.79 Å². The lowest BCUT2D eigenvalue weighted by atomic mass is 10.3. The second kappa shape index (κ2) is 8.86. The Morgan fingerprint density at radius 2 is 1.83 bits per heavy atom. The SMILES string of the molecule is O=C(NC(NC(=S)Nc1ccc(I)cc1)C(Cl)(Cl)Cl)c1cccs1. The van der Waals surface area contributed by atoms with Gasteiger partial charge in [0.15, 0.2) is 5.11 Å². The van der Waals surface area contributed by atoms with Crippen molar-refractivity contribution in [2.24, 2.45) is 0 Å². The highest BCUT2D eigenvalue weighted by Crippen LogP contribution is 2.29. The van der Waals surface area contributed by atoms with E-state index in [-0.39, 0.29) is 11.0 Å². The second-order valence-corrected chi connectivity index (χ2v) is 9.50. The lowest BCUT2D eigenvalue weighted by Crippen LogP contribution is -2.56. The molecule has 0 aliphatic rings. The summed E-state index contributed by atoms with van der Waals surface area (Å²) in [5.41, 5.74) is 0.778. The fraction of sp³-hybridized carbons (Fsp3) is 0.143. The van der Waals surface area contributed by atoms with Crippen LogP contribution in [0.2, 0.25) is 0 Å². The van der Waals surface area contributed by atoms with Gasteiger partial charge in [0.05, 0.1) is 4.88 Å². The molecule has 0 saturated carbocycles. The number of rotatable bonds is 4. The Bertz CT molecular complexity index is 705. The molecule has 0 aliphatic carbocycles. The Morgan fingerprint density at radius 3 is 2.38 bits per heavy atom. The van der Waals surface area contributed by atoms with Gasteiger partial charge in [0, 0.05) is 9.26 Å². The highest BCUT2D eigenvalue weighted by atomic mass is 127. The van der Waals surface area contributed by atoms with Gasteiger partial charge in [-0.15, -0.1) is 11.3 Å². The first-order valence-corrected chi connectivity index (χ1v) is 10.00. The Hall–Kier alpha value is -0.320. The number of carbonyl (C=O) groups excluding carboxylic acids is 1. The van der Waals surface area contributed by atoms with Crippen molar-refractivity contribution in [3.8, 4) is 0 Å². The van der Waals surface area contributed by atoms with Crippen LogP contribution in [0.3, 0.4) is 0 Å². The van der Waals surface area contributed by atoms with Crippen molar-refractivity contribution >= 4 is 97.7 Å². The number of alkyl halides is 3. The summed E-state index contributed by atoms with van der Waals surface area (Å²) in [5.74, 6) is -0.356. The van der Waals surface area contributed by atoms with Crippen LogP contribution in [0.25, 0.3) is 0 Å². The first kappa shape index (κ1) is 20.0. The zero-order chi connectivity index (χ0) is 17.7. The second-order valence-electron chi connectivity index (χ2n) is 4.53. The number of thiophene rings is 1. The lowest BCUT2D eigenvalue weighted by molar-refractivity contribution is 0.0938. The molecule has 1 amide bonds. The molecule has 1 atom stereocenters. The number of thiocarbonyl (C=S) groups is 1. The number of nitrogens with one attached hydrogen (secondary N) is 3. The van der Waals surface area contributed by atoms with Crippen molar-refractivity contribution in [1.82, 2.24) is 10.6 Å². The fourth-order valence-corrected chi connectivity index (χ4v) is 3.19. The molecule has 4 nitrogen and oxygen atoms in total. The van der Waals surface area contributed by atoms with E-state index >= 15 is 0 Å². The number of carbonyl (C=O) groups is 1. The number of hydrogen-bond donors (Lipinski definition) is 3. The molecule has 1 unspecified atom stereocenters. The molecule has 0 bridgehead atoms. The summed E-state index contributed by atoms with van der Waals surface area (Å²) in [4.78, 5) is 12.7. The third kappa shape index (κ3) is 6.20. The number of hydrogen-bond acceptors (Lipinski definition) is 3. The van der Waals surface area contributed by atoms with Crippen LogP contribution in [0.5, 0.6) is 0 Å². The normalized spacial score (nSPS) is 12.3. The van der Waals surface area contributed by atoms with E-state index in [0.29, 0.717) is 4.88 Å². The Kier molecular flexibility index (Phi) is 7.39. The largest absolute Gasteiger partial charge is 0.339 e. The summed E-state index contributed by atoms with van der Waals surface area (Å²) in [6.07, 6.45) is -0.999. The Balaban J connectivity index is 2.01. The molecule has 0 radical (unpaired) electrons. The van der Waals surface area contributed by atoms with Crippen molar-refractivity contribution in [3.63, 3.8) is 0 Å². The number of benzene rings is 1. The molecule has 3 N–H and O–H groups in total. The van der Waals surface area contributed by atoms with Crippen molar-refractivity contribution in [1.29, 1.82) is 0 Å². The van der Waals surface area contributed by atoms with Crippen molar-refractivity contribution in [2.75, 3.05) is 5.32 Å². The van der Waals surface area contributed by atoms with E-state index in [4.69, 9.17) is 47.0 Å². The van der Waals surface area contributed by atoms with Crippen LogP contribution in [-0.2, 0) is 0 Å². The summed E-state index contributed by atoms with van der Waals surface area (Å²) >= 11 is 26.5. The summed E-state index contributed by atoms with van der Waals surface area (Å²) in [5, 5.41) is 10.4. The zero-order valence-corrected chi connectivity index (χ0v) is 17.9. The molecule has 10 heteroatoms. The number of halogens is 4. The summed E-state index contributed by atoms with van der Waals surface area (Å²) < 4.78 is -0.690. The summed E-state index contributed by atoms with van der Waals surface area (Å²) in [7, 11) is 0. The standard InChI is InChI=1S/C14H11Cl3IN3OS2/c15-14(16,17)12(20-11(22)10-2-1-7-24-10)21-13(23)19-9-5-3-8(18)4-6-9/h1-7,12H,(H,20,22)(H2,19,21,23). The van der Waals surface area contributed by atoms with E-state index in [2.05, 4.69) is 38.5 Å². The van der Waals surface area contributed by atoms with Gasteiger partial charge in [0.1, 0.15) is 6.17 Å². The highest BCUT2D eigenvalue weighted by Gasteiger charge is 2.35. The van der Waals surface area contributed by atoms with Gasteiger partial charge in [-0.05, 0) is 70.5 Å². The van der Waals surface area contributed by atoms with Crippen molar-refractivity contribution in [3.05, 3.63) is 50.2 Å². The lowest BCUT2D eigenvalue weighted by Gasteiger charge is -2.27. The monoisotopic (exact) mass is 533 g/mol. The molecular weight excluding hydrogens is 524 g/mol. The minimum atomic E-state index is -1.79. The molecule has 0 spiro atoms. The molecule has 1 aromatic carbocycles. The Labute approximate surface area is 177 Å². The molecular formula is C14H11Cl3IN3OS2. The van der Waals surface area contributed by atoms with Gasteiger partial charge in [-0.2, -0.15) is 0 Å². The van der Waals surface area contributed by atoms with E-state index in [1.165, 1.54) is 11.3 Å². The van der Waals surface area contributed by atoms with E-state index in [1.807, 2.05) is 24.3 Å². The minimum absolute atomic E-state index is 0.221. The van der Waals surface area contributed by atoms with Gasteiger partial charge < -0.3 is 16.0 Å². The van der Waals surface area contributed by atoms with Gasteiger partial charge >= 0.3 is 0 Å². The molecule has 1 aromatic heterocycles. The first-order valence-electron chi connectivity index (χ1n) is 6.50. The maximum Gasteiger partial charge on any atom is 0.263 e. The number of amides is 1. The molecule has 2 aromatic rings. The first-order chi connectivity index (χ1) is 11.3. The van der Waals surface area contributed by atoms with Crippen LogP contribution in [0, 0.1) is 3.57 Å². The van der Waals surface area contributed by atoms with E-state index in [1.54, 1.807) is 17.5 Å².